The quantitative estimate of drug-likeness (QED) is 0.679. The van der Waals surface area contributed by atoms with Crippen molar-refractivity contribution in [1.29, 1.82) is 0 Å². The van der Waals surface area contributed by atoms with Gasteiger partial charge in [0.25, 0.3) is 0 Å². The van der Waals surface area contributed by atoms with Crippen LogP contribution in [0, 0.1) is 0 Å². The number of carbonyl (C=O) groups is 1. The molecule has 6 heteroatoms. The predicted molar refractivity (Wildman–Crippen MR) is 68.7 cm³/mol. The number of hydrogen-bond acceptors (Lipinski definition) is 5. The predicted octanol–water partition coefficient (Wildman–Crippen LogP) is 2.69. The second kappa shape index (κ2) is 5.46. The lowest BCUT2D eigenvalue weighted by Gasteiger charge is -2.09. The minimum Gasteiger partial charge on any atom is -0.497 e. The van der Waals surface area contributed by atoms with E-state index in [1.54, 1.807) is 13.2 Å². The van der Waals surface area contributed by atoms with Crippen molar-refractivity contribution in [3.8, 4) is 5.75 Å². The number of hydrogen-bond donors (Lipinski definition) is 1. The van der Waals surface area contributed by atoms with E-state index in [0.29, 0.717) is 17.9 Å². The lowest BCUT2D eigenvalue weighted by Crippen LogP contribution is -2.00. The molecule has 2 rings (SSSR count). The summed E-state index contributed by atoms with van der Waals surface area (Å²) in [5.41, 5.74) is 0.967. The van der Waals surface area contributed by atoms with Crippen LogP contribution in [-0.4, -0.2) is 23.4 Å². The summed E-state index contributed by atoms with van der Waals surface area (Å²) < 4.78 is 5.10. The van der Waals surface area contributed by atoms with Gasteiger partial charge in [-0.05, 0) is 12.1 Å². The molecule has 0 bridgehead atoms. The highest BCUT2D eigenvalue weighted by molar-refractivity contribution is 6.32. The lowest BCUT2D eigenvalue weighted by molar-refractivity contribution is 0.112. The smallest absolute Gasteiger partial charge is 0.156 e. The molecule has 0 saturated carbocycles. The topological polar surface area (TPSA) is 64.1 Å². The molecule has 0 radical (unpaired) electrons. The van der Waals surface area contributed by atoms with Gasteiger partial charge in [-0.2, -0.15) is 0 Å². The third-order valence-electron chi connectivity index (χ3n) is 2.29. The van der Waals surface area contributed by atoms with Crippen molar-refractivity contribution in [2.75, 3.05) is 12.4 Å². The van der Waals surface area contributed by atoms with E-state index in [4.69, 9.17) is 16.3 Å². The molecular formula is C12H10ClN3O2. The zero-order valence-corrected chi connectivity index (χ0v) is 10.3. The van der Waals surface area contributed by atoms with E-state index in [1.165, 1.54) is 6.33 Å². The van der Waals surface area contributed by atoms with Crippen LogP contribution in [0.4, 0.5) is 11.5 Å². The summed E-state index contributed by atoms with van der Waals surface area (Å²) in [4.78, 5) is 18.7. The molecule has 0 aliphatic rings. The Balaban J connectivity index is 2.33. The van der Waals surface area contributed by atoms with Gasteiger partial charge in [-0.15, -0.1) is 0 Å². The van der Waals surface area contributed by atoms with E-state index in [1.807, 2.05) is 18.2 Å². The van der Waals surface area contributed by atoms with Crippen molar-refractivity contribution >= 4 is 29.4 Å². The van der Waals surface area contributed by atoms with Crippen molar-refractivity contribution in [3.05, 3.63) is 41.3 Å². The lowest BCUT2D eigenvalue weighted by atomic mass is 10.2. The van der Waals surface area contributed by atoms with Crippen molar-refractivity contribution < 1.29 is 9.53 Å². The zero-order chi connectivity index (χ0) is 13.0. The Labute approximate surface area is 109 Å². The number of rotatable bonds is 4. The largest absolute Gasteiger partial charge is 0.497 e. The van der Waals surface area contributed by atoms with Crippen LogP contribution < -0.4 is 10.1 Å². The number of ether oxygens (including phenoxy) is 1. The SMILES string of the molecule is COc1cccc(Nc2ncnc(Cl)c2C=O)c1. The van der Waals surface area contributed by atoms with Gasteiger partial charge in [0.05, 0.1) is 12.7 Å². The van der Waals surface area contributed by atoms with Gasteiger partial charge in [0.15, 0.2) is 6.29 Å². The van der Waals surface area contributed by atoms with Crippen molar-refractivity contribution in [1.82, 2.24) is 9.97 Å². The van der Waals surface area contributed by atoms with Gasteiger partial charge < -0.3 is 10.1 Å². The van der Waals surface area contributed by atoms with Gasteiger partial charge in [-0.3, -0.25) is 4.79 Å². The molecule has 0 aliphatic heterocycles. The van der Waals surface area contributed by atoms with Crippen molar-refractivity contribution in [3.63, 3.8) is 0 Å². The fourth-order valence-electron chi connectivity index (χ4n) is 1.42. The Morgan fingerprint density at radius 1 is 1.39 bits per heavy atom. The normalized spacial score (nSPS) is 9.89. The van der Waals surface area contributed by atoms with Gasteiger partial charge >= 0.3 is 0 Å². The molecule has 0 saturated heterocycles. The van der Waals surface area contributed by atoms with E-state index in [9.17, 15) is 4.79 Å². The summed E-state index contributed by atoms with van der Waals surface area (Å²) >= 11 is 5.81. The Bertz CT molecular complexity index is 575. The highest BCUT2D eigenvalue weighted by atomic mass is 35.5. The highest BCUT2D eigenvalue weighted by Crippen LogP contribution is 2.23. The van der Waals surface area contributed by atoms with E-state index in [0.717, 1.165) is 5.69 Å². The Hall–Kier alpha value is -2.14. The minimum absolute atomic E-state index is 0.116. The molecule has 0 spiro atoms. The molecule has 0 amide bonds. The average Bonchev–Trinajstić information content (AvgIpc) is 2.39. The number of methoxy groups -OCH3 is 1. The molecule has 2 aromatic rings. The zero-order valence-electron chi connectivity index (χ0n) is 9.55. The second-order valence-corrected chi connectivity index (χ2v) is 3.76. The maximum Gasteiger partial charge on any atom is 0.156 e. The van der Waals surface area contributed by atoms with Crippen LogP contribution in [0.2, 0.25) is 5.15 Å². The molecule has 5 nitrogen and oxygen atoms in total. The molecule has 92 valence electrons. The fraction of sp³-hybridized carbons (Fsp3) is 0.0833. The molecule has 18 heavy (non-hydrogen) atoms. The maximum atomic E-state index is 10.9. The molecule has 1 N–H and O–H groups in total. The van der Waals surface area contributed by atoms with Gasteiger partial charge in [-0.1, -0.05) is 17.7 Å². The molecule has 0 fully saturated rings. The molecular weight excluding hydrogens is 254 g/mol. The van der Waals surface area contributed by atoms with Crippen LogP contribution in [0.1, 0.15) is 10.4 Å². The fourth-order valence-corrected chi connectivity index (χ4v) is 1.59. The third kappa shape index (κ3) is 2.57. The number of nitrogens with one attached hydrogen (secondary N) is 1. The van der Waals surface area contributed by atoms with Crippen LogP contribution >= 0.6 is 11.6 Å². The van der Waals surface area contributed by atoms with Crippen LogP contribution in [0.25, 0.3) is 0 Å². The van der Waals surface area contributed by atoms with E-state index >= 15 is 0 Å². The van der Waals surface area contributed by atoms with Crippen molar-refractivity contribution in [2.45, 2.75) is 0 Å². The van der Waals surface area contributed by atoms with E-state index in [2.05, 4.69) is 15.3 Å². The first kappa shape index (κ1) is 12.3. The highest BCUT2D eigenvalue weighted by Gasteiger charge is 2.09. The summed E-state index contributed by atoms with van der Waals surface area (Å²) in [5, 5.41) is 3.11. The number of aromatic nitrogens is 2. The summed E-state index contributed by atoms with van der Waals surface area (Å²) in [6, 6.07) is 7.25. The van der Waals surface area contributed by atoms with E-state index < -0.39 is 0 Å². The van der Waals surface area contributed by atoms with Gasteiger partial charge in [0, 0.05) is 11.8 Å². The van der Waals surface area contributed by atoms with Gasteiger partial charge in [-0.25, -0.2) is 9.97 Å². The number of carbonyl (C=O) groups excluding carboxylic acids is 1. The minimum atomic E-state index is 0.116. The van der Waals surface area contributed by atoms with Gasteiger partial charge in [0.1, 0.15) is 23.0 Å². The van der Waals surface area contributed by atoms with Crippen LogP contribution in [0.5, 0.6) is 5.75 Å². The van der Waals surface area contributed by atoms with E-state index in [-0.39, 0.29) is 10.7 Å². The monoisotopic (exact) mass is 263 g/mol. The average molecular weight is 264 g/mol. The number of benzene rings is 1. The maximum absolute atomic E-state index is 10.9. The van der Waals surface area contributed by atoms with Crippen LogP contribution in [0.15, 0.2) is 30.6 Å². The van der Waals surface area contributed by atoms with Gasteiger partial charge in [0.2, 0.25) is 0 Å². The number of aldehydes is 1. The Kier molecular flexibility index (Phi) is 3.74. The number of halogens is 1. The molecule has 1 aromatic carbocycles. The standard InChI is InChI=1S/C12H10ClN3O2/c1-18-9-4-2-3-8(5-9)16-12-10(6-17)11(13)14-7-15-12/h2-7H,1H3,(H,14,15,16). The summed E-state index contributed by atoms with van der Waals surface area (Å²) in [5.74, 6) is 1.06. The molecule has 1 aromatic heterocycles. The Morgan fingerprint density at radius 2 is 2.22 bits per heavy atom. The number of anilines is 2. The molecule has 0 aliphatic carbocycles. The van der Waals surface area contributed by atoms with Crippen LogP contribution in [-0.2, 0) is 0 Å². The molecule has 1 heterocycles. The Morgan fingerprint density at radius 3 is 2.94 bits per heavy atom. The number of nitrogens with zero attached hydrogens (tertiary/aromatic N) is 2. The summed E-state index contributed by atoms with van der Waals surface area (Å²) in [7, 11) is 1.58. The summed E-state index contributed by atoms with van der Waals surface area (Å²) in [6.07, 6.45) is 1.91. The molecule has 0 unspecified atom stereocenters. The van der Waals surface area contributed by atoms with Crippen LogP contribution in [0.3, 0.4) is 0 Å². The first-order chi connectivity index (χ1) is 8.74. The second-order valence-electron chi connectivity index (χ2n) is 3.40. The third-order valence-corrected chi connectivity index (χ3v) is 2.59. The van der Waals surface area contributed by atoms with Crippen molar-refractivity contribution in [2.24, 2.45) is 0 Å². The first-order valence-corrected chi connectivity index (χ1v) is 5.49. The first-order valence-electron chi connectivity index (χ1n) is 5.11. The summed E-state index contributed by atoms with van der Waals surface area (Å²) in [6.45, 7) is 0. The molecule has 0 atom stereocenters.